The number of aryl methyl sites for hydroxylation is 1. The van der Waals surface area contributed by atoms with Crippen molar-refractivity contribution >= 4 is 5.82 Å². The molecule has 0 radical (unpaired) electrons. The topological polar surface area (TPSA) is 24.9 Å². The molecule has 1 N–H and O–H groups in total. The van der Waals surface area contributed by atoms with Gasteiger partial charge in [-0.2, -0.15) is 0 Å². The lowest BCUT2D eigenvalue weighted by Crippen LogP contribution is -2.33. The van der Waals surface area contributed by atoms with Crippen molar-refractivity contribution in [3.8, 4) is 0 Å². The Bertz CT molecular complexity index is 316. The molecule has 1 aromatic heterocycles. The molecule has 0 unspecified atom stereocenters. The molecule has 0 amide bonds. The number of aromatic nitrogens is 1. The van der Waals surface area contributed by atoms with Crippen LogP contribution in [-0.2, 0) is 0 Å². The van der Waals surface area contributed by atoms with Gasteiger partial charge in [-0.25, -0.2) is 4.98 Å². The second kappa shape index (κ2) is 3.60. The first-order chi connectivity index (χ1) is 6.70. The molecule has 0 aliphatic heterocycles. The molecule has 1 aliphatic rings. The predicted molar refractivity (Wildman–Crippen MR) is 59.4 cm³/mol. The van der Waals surface area contributed by atoms with Crippen molar-refractivity contribution < 1.29 is 0 Å². The zero-order valence-electron chi connectivity index (χ0n) is 9.01. The van der Waals surface area contributed by atoms with E-state index in [1.165, 1.54) is 24.8 Å². The van der Waals surface area contributed by atoms with E-state index < -0.39 is 0 Å². The summed E-state index contributed by atoms with van der Waals surface area (Å²) in [5.41, 5.74) is 1.75. The molecule has 14 heavy (non-hydrogen) atoms. The summed E-state index contributed by atoms with van der Waals surface area (Å²) in [6.45, 7) is 5.51. The van der Waals surface area contributed by atoms with E-state index in [1.807, 2.05) is 12.3 Å². The van der Waals surface area contributed by atoms with Gasteiger partial charge in [-0.05, 0) is 36.8 Å². The van der Waals surface area contributed by atoms with E-state index >= 15 is 0 Å². The number of hydrogen-bond donors (Lipinski definition) is 1. The minimum Gasteiger partial charge on any atom is -0.369 e. The van der Waals surface area contributed by atoms with Gasteiger partial charge in [-0.3, -0.25) is 0 Å². The highest BCUT2D eigenvalue weighted by molar-refractivity contribution is 5.42. The van der Waals surface area contributed by atoms with Crippen LogP contribution >= 0.6 is 0 Å². The molecule has 2 nitrogen and oxygen atoms in total. The first kappa shape index (κ1) is 9.50. The molecule has 76 valence electrons. The Kier molecular flexibility index (Phi) is 2.44. The number of rotatable bonds is 3. The summed E-state index contributed by atoms with van der Waals surface area (Å²) in [6, 6.07) is 4.07. The standard InChI is InChI=1S/C12H18N2/c1-10-5-3-8-13-11(10)14-9-12(2)6-4-7-12/h3,5,8H,4,6-7,9H2,1-2H3,(H,13,14). The van der Waals surface area contributed by atoms with Gasteiger partial charge in [0.05, 0.1) is 0 Å². The maximum Gasteiger partial charge on any atom is 0.128 e. The van der Waals surface area contributed by atoms with Crippen LogP contribution in [0, 0.1) is 12.3 Å². The largest absolute Gasteiger partial charge is 0.369 e. The molecule has 0 bridgehead atoms. The molecule has 0 saturated heterocycles. The summed E-state index contributed by atoms with van der Waals surface area (Å²) < 4.78 is 0. The third-order valence-corrected chi connectivity index (χ3v) is 3.25. The normalized spacial score (nSPS) is 18.7. The third kappa shape index (κ3) is 1.89. The highest BCUT2D eigenvalue weighted by Gasteiger charge is 2.31. The first-order valence-electron chi connectivity index (χ1n) is 5.35. The van der Waals surface area contributed by atoms with Crippen LogP contribution in [-0.4, -0.2) is 11.5 Å². The van der Waals surface area contributed by atoms with Gasteiger partial charge < -0.3 is 5.32 Å². The summed E-state index contributed by atoms with van der Waals surface area (Å²) in [6.07, 6.45) is 5.94. The van der Waals surface area contributed by atoms with Gasteiger partial charge in [0.25, 0.3) is 0 Å². The average molecular weight is 190 g/mol. The first-order valence-corrected chi connectivity index (χ1v) is 5.35. The van der Waals surface area contributed by atoms with Gasteiger partial charge in [0.1, 0.15) is 5.82 Å². The Morgan fingerprint density at radius 2 is 2.29 bits per heavy atom. The van der Waals surface area contributed by atoms with E-state index in [0.29, 0.717) is 5.41 Å². The van der Waals surface area contributed by atoms with Crippen molar-refractivity contribution in [1.29, 1.82) is 0 Å². The van der Waals surface area contributed by atoms with Gasteiger partial charge >= 0.3 is 0 Å². The molecule has 0 spiro atoms. The van der Waals surface area contributed by atoms with Crippen molar-refractivity contribution in [2.24, 2.45) is 5.41 Å². The van der Waals surface area contributed by atoms with Crippen LogP contribution in [0.5, 0.6) is 0 Å². The zero-order valence-corrected chi connectivity index (χ0v) is 9.01. The molecule has 1 heterocycles. The van der Waals surface area contributed by atoms with Gasteiger partial charge in [-0.15, -0.1) is 0 Å². The molecular formula is C12H18N2. The molecule has 0 aromatic carbocycles. The molecule has 2 heteroatoms. The average Bonchev–Trinajstić information content (AvgIpc) is 2.14. The number of anilines is 1. The third-order valence-electron chi connectivity index (χ3n) is 3.25. The molecule has 1 saturated carbocycles. The van der Waals surface area contributed by atoms with E-state index in [1.54, 1.807) is 0 Å². The van der Waals surface area contributed by atoms with Crippen molar-refractivity contribution in [3.05, 3.63) is 23.9 Å². The minimum absolute atomic E-state index is 0.518. The SMILES string of the molecule is Cc1cccnc1NCC1(C)CCC1. The Morgan fingerprint density at radius 3 is 2.86 bits per heavy atom. The summed E-state index contributed by atoms with van der Waals surface area (Å²) >= 11 is 0. The van der Waals surface area contributed by atoms with Gasteiger partial charge in [0.15, 0.2) is 0 Å². The molecule has 1 fully saturated rings. The lowest BCUT2D eigenvalue weighted by Gasteiger charge is -2.38. The number of hydrogen-bond acceptors (Lipinski definition) is 2. The molecule has 1 aromatic rings. The van der Waals surface area contributed by atoms with Crippen LogP contribution < -0.4 is 5.32 Å². The number of pyridine rings is 1. The molecular weight excluding hydrogens is 172 g/mol. The lowest BCUT2D eigenvalue weighted by atomic mass is 9.70. The minimum atomic E-state index is 0.518. The van der Waals surface area contributed by atoms with Crippen LogP contribution in [0.4, 0.5) is 5.82 Å². The Morgan fingerprint density at radius 1 is 1.50 bits per heavy atom. The van der Waals surface area contributed by atoms with Gasteiger partial charge in [-0.1, -0.05) is 19.4 Å². The Labute approximate surface area is 85.7 Å². The maximum absolute atomic E-state index is 4.33. The fraction of sp³-hybridized carbons (Fsp3) is 0.583. The van der Waals surface area contributed by atoms with Crippen LogP contribution in [0.15, 0.2) is 18.3 Å². The van der Waals surface area contributed by atoms with Crippen molar-refractivity contribution in [1.82, 2.24) is 4.98 Å². The zero-order chi connectivity index (χ0) is 10.0. The summed E-state index contributed by atoms with van der Waals surface area (Å²) in [5.74, 6) is 1.04. The van der Waals surface area contributed by atoms with E-state index in [2.05, 4.69) is 30.2 Å². The Hall–Kier alpha value is -1.05. The quantitative estimate of drug-likeness (QED) is 0.792. The smallest absolute Gasteiger partial charge is 0.128 e. The van der Waals surface area contributed by atoms with E-state index in [9.17, 15) is 0 Å². The predicted octanol–water partition coefficient (Wildman–Crippen LogP) is 2.99. The summed E-state index contributed by atoms with van der Waals surface area (Å²) in [7, 11) is 0. The van der Waals surface area contributed by atoms with Gasteiger partial charge in [0.2, 0.25) is 0 Å². The summed E-state index contributed by atoms with van der Waals surface area (Å²) in [5, 5.41) is 3.44. The molecule has 1 aliphatic carbocycles. The van der Waals surface area contributed by atoms with Gasteiger partial charge in [0, 0.05) is 12.7 Å². The molecule has 0 atom stereocenters. The second-order valence-corrected chi connectivity index (χ2v) is 4.69. The fourth-order valence-electron chi connectivity index (χ4n) is 1.92. The van der Waals surface area contributed by atoms with E-state index in [0.717, 1.165) is 12.4 Å². The van der Waals surface area contributed by atoms with Crippen LogP contribution in [0.25, 0.3) is 0 Å². The number of nitrogens with one attached hydrogen (secondary N) is 1. The second-order valence-electron chi connectivity index (χ2n) is 4.69. The van der Waals surface area contributed by atoms with Crippen molar-refractivity contribution in [2.45, 2.75) is 33.1 Å². The number of nitrogens with zero attached hydrogens (tertiary/aromatic N) is 1. The van der Waals surface area contributed by atoms with E-state index in [4.69, 9.17) is 0 Å². The van der Waals surface area contributed by atoms with Crippen LogP contribution in [0.1, 0.15) is 31.7 Å². The van der Waals surface area contributed by atoms with Crippen molar-refractivity contribution in [3.63, 3.8) is 0 Å². The highest BCUT2D eigenvalue weighted by Crippen LogP contribution is 2.40. The monoisotopic (exact) mass is 190 g/mol. The lowest BCUT2D eigenvalue weighted by molar-refractivity contribution is 0.180. The summed E-state index contributed by atoms with van der Waals surface area (Å²) in [4.78, 5) is 4.33. The maximum atomic E-state index is 4.33. The molecule has 2 rings (SSSR count). The fourth-order valence-corrected chi connectivity index (χ4v) is 1.92. The Balaban J connectivity index is 1.95. The van der Waals surface area contributed by atoms with Crippen LogP contribution in [0.2, 0.25) is 0 Å². The van der Waals surface area contributed by atoms with Crippen molar-refractivity contribution in [2.75, 3.05) is 11.9 Å². The van der Waals surface area contributed by atoms with E-state index in [-0.39, 0.29) is 0 Å². The highest BCUT2D eigenvalue weighted by atomic mass is 15.0. The van der Waals surface area contributed by atoms with Crippen LogP contribution in [0.3, 0.4) is 0 Å².